The van der Waals surface area contributed by atoms with Gasteiger partial charge in [-0.2, -0.15) is 0 Å². The molecule has 0 aliphatic rings. The van der Waals surface area contributed by atoms with Gasteiger partial charge in [0.1, 0.15) is 0 Å². The predicted octanol–water partition coefficient (Wildman–Crippen LogP) is 5.15. The maximum absolute atomic E-state index is 10.3. The second-order valence-electron chi connectivity index (χ2n) is 4.71. The van der Waals surface area contributed by atoms with Crippen LogP contribution in [0.3, 0.4) is 0 Å². The molecule has 2 unspecified atom stereocenters. The number of rotatable bonds is 5. The predicted molar refractivity (Wildman–Crippen MR) is 92.4 cm³/mol. The molecule has 0 spiro atoms. The van der Waals surface area contributed by atoms with E-state index in [0.717, 1.165) is 19.5 Å². The van der Waals surface area contributed by atoms with Gasteiger partial charge in [-0.05, 0) is 26.1 Å². The standard InChI is InChI=1S/C7H14O2.C5H13N.C3H8.C2H6/c1-4-5(2)6(3)7(8)9;1-4-6(3)5-2;1-3-2;1-2/h5-6H,4H2,1-3H3,(H,8,9);4-5H2,1-3H3;3H2,1-2H3;1-2H3. The summed E-state index contributed by atoms with van der Waals surface area (Å²) in [7, 11) is 2.11. The summed E-state index contributed by atoms with van der Waals surface area (Å²) < 4.78 is 0. The number of nitrogens with zero attached hydrogens (tertiary/aromatic N) is 1. The lowest BCUT2D eigenvalue weighted by atomic mass is 9.94. The van der Waals surface area contributed by atoms with Crippen molar-refractivity contribution in [3.8, 4) is 0 Å². The lowest BCUT2D eigenvalue weighted by Gasteiger charge is -2.11. The van der Waals surface area contributed by atoms with E-state index in [-0.39, 0.29) is 5.92 Å². The molecule has 0 saturated heterocycles. The molecular formula is C17H41NO2. The summed E-state index contributed by atoms with van der Waals surface area (Å²) in [6.07, 6.45) is 2.19. The third kappa shape index (κ3) is 26.1. The molecule has 0 amide bonds. The number of aliphatic carboxylic acids is 1. The fourth-order valence-corrected chi connectivity index (χ4v) is 0.821. The molecule has 0 aliphatic carbocycles. The Morgan fingerprint density at radius 1 is 1.00 bits per heavy atom. The minimum atomic E-state index is -0.690. The fourth-order valence-electron chi connectivity index (χ4n) is 0.821. The average molecular weight is 292 g/mol. The monoisotopic (exact) mass is 291 g/mol. The second-order valence-corrected chi connectivity index (χ2v) is 4.71. The van der Waals surface area contributed by atoms with Crippen LogP contribution >= 0.6 is 0 Å². The highest BCUT2D eigenvalue weighted by molar-refractivity contribution is 5.69. The van der Waals surface area contributed by atoms with Gasteiger partial charge >= 0.3 is 5.97 Å². The number of carbonyl (C=O) groups is 1. The van der Waals surface area contributed by atoms with Crippen molar-refractivity contribution in [2.24, 2.45) is 11.8 Å². The molecule has 2 atom stereocenters. The quantitative estimate of drug-likeness (QED) is 0.761. The second kappa shape index (κ2) is 23.5. The molecule has 3 nitrogen and oxygen atoms in total. The van der Waals surface area contributed by atoms with Crippen LogP contribution in [0, 0.1) is 11.8 Å². The minimum Gasteiger partial charge on any atom is -0.481 e. The van der Waals surface area contributed by atoms with Crippen molar-refractivity contribution in [2.75, 3.05) is 20.1 Å². The molecule has 0 heterocycles. The number of carboxylic acid groups (broad SMARTS) is 1. The van der Waals surface area contributed by atoms with Gasteiger partial charge in [0, 0.05) is 0 Å². The van der Waals surface area contributed by atoms with E-state index >= 15 is 0 Å². The van der Waals surface area contributed by atoms with Crippen LogP contribution in [-0.2, 0) is 4.79 Å². The summed E-state index contributed by atoms with van der Waals surface area (Å²) in [6, 6.07) is 0. The van der Waals surface area contributed by atoms with Crippen LogP contribution < -0.4 is 0 Å². The molecule has 3 heteroatoms. The molecule has 0 aliphatic heterocycles. The molecule has 0 aromatic rings. The van der Waals surface area contributed by atoms with Crippen molar-refractivity contribution in [1.29, 1.82) is 0 Å². The van der Waals surface area contributed by atoms with Crippen LogP contribution in [0.25, 0.3) is 0 Å². The molecular weight excluding hydrogens is 250 g/mol. The van der Waals surface area contributed by atoms with Crippen LogP contribution in [-0.4, -0.2) is 36.1 Å². The molecule has 0 aromatic carbocycles. The average Bonchev–Trinajstić information content (AvgIpc) is 2.48. The third-order valence-corrected chi connectivity index (χ3v) is 2.97. The molecule has 0 fully saturated rings. The van der Waals surface area contributed by atoms with E-state index < -0.39 is 5.97 Å². The zero-order valence-electron chi connectivity index (χ0n) is 15.8. The Morgan fingerprint density at radius 2 is 1.30 bits per heavy atom. The van der Waals surface area contributed by atoms with Gasteiger partial charge in [-0.15, -0.1) is 0 Å². The highest BCUT2D eigenvalue weighted by atomic mass is 16.4. The Kier molecular flexibility index (Phi) is 32.6. The van der Waals surface area contributed by atoms with E-state index in [0.29, 0.717) is 5.92 Å². The van der Waals surface area contributed by atoms with Crippen molar-refractivity contribution in [3.63, 3.8) is 0 Å². The fraction of sp³-hybridized carbons (Fsp3) is 0.941. The Balaban J connectivity index is -0.000000101. The largest absolute Gasteiger partial charge is 0.481 e. The Bertz CT molecular complexity index is 168. The van der Waals surface area contributed by atoms with Crippen molar-refractivity contribution in [3.05, 3.63) is 0 Å². The normalized spacial score (nSPS) is 11.8. The molecule has 0 aromatic heterocycles. The van der Waals surface area contributed by atoms with Crippen LogP contribution in [0.2, 0.25) is 0 Å². The van der Waals surface area contributed by atoms with Crippen LogP contribution in [0.15, 0.2) is 0 Å². The molecule has 0 rings (SSSR count). The van der Waals surface area contributed by atoms with E-state index in [1.807, 2.05) is 27.7 Å². The topological polar surface area (TPSA) is 40.5 Å². The van der Waals surface area contributed by atoms with Gasteiger partial charge in [-0.25, -0.2) is 0 Å². The summed E-state index contributed by atoms with van der Waals surface area (Å²) in [4.78, 5) is 12.5. The van der Waals surface area contributed by atoms with E-state index in [1.165, 1.54) is 6.42 Å². The SMILES string of the molecule is CC.CCC.CCC(C)C(C)C(=O)O.CCN(C)CC. The number of hydrogen-bond acceptors (Lipinski definition) is 2. The van der Waals surface area contributed by atoms with E-state index in [9.17, 15) is 4.79 Å². The van der Waals surface area contributed by atoms with Crippen LogP contribution in [0.4, 0.5) is 0 Å². The zero-order chi connectivity index (χ0) is 17.1. The summed E-state index contributed by atoms with van der Waals surface area (Å²) in [6.45, 7) is 20.6. The first-order chi connectivity index (χ1) is 9.31. The highest BCUT2D eigenvalue weighted by Crippen LogP contribution is 2.13. The molecule has 1 N–H and O–H groups in total. The van der Waals surface area contributed by atoms with Crippen molar-refractivity contribution in [1.82, 2.24) is 4.90 Å². The molecule has 20 heavy (non-hydrogen) atoms. The van der Waals surface area contributed by atoms with Gasteiger partial charge < -0.3 is 10.0 Å². The van der Waals surface area contributed by atoms with Crippen molar-refractivity contribution >= 4 is 5.97 Å². The summed E-state index contributed by atoms with van der Waals surface area (Å²) >= 11 is 0. The van der Waals surface area contributed by atoms with Crippen molar-refractivity contribution < 1.29 is 9.90 Å². The first-order valence-corrected chi connectivity index (χ1v) is 8.23. The van der Waals surface area contributed by atoms with Gasteiger partial charge in [0.25, 0.3) is 0 Å². The molecule has 0 radical (unpaired) electrons. The molecule has 0 bridgehead atoms. The minimum absolute atomic E-state index is 0.199. The number of carboxylic acids is 1. The molecule has 126 valence electrons. The van der Waals surface area contributed by atoms with Gasteiger partial charge in [0.05, 0.1) is 5.92 Å². The van der Waals surface area contributed by atoms with E-state index in [2.05, 4.69) is 39.6 Å². The Labute approximate surface area is 128 Å². The first-order valence-electron chi connectivity index (χ1n) is 8.23. The van der Waals surface area contributed by atoms with Gasteiger partial charge in [0.15, 0.2) is 0 Å². The smallest absolute Gasteiger partial charge is 0.306 e. The maximum atomic E-state index is 10.3. The Hall–Kier alpha value is -0.570. The highest BCUT2D eigenvalue weighted by Gasteiger charge is 2.16. The zero-order valence-corrected chi connectivity index (χ0v) is 15.8. The summed E-state index contributed by atoms with van der Waals surface area (Å²) in [5, 5.41) is 8.48. The van der Waals surface area contributed by atoms with Crippen LogP contribution in [0.1, 0.15) is 75.2 Å². The first kappa shape index (κ1) is 27.7. The lowest BCUT2D eigenvalue weighted by molar-refractivity contribution is -0.142. The van der Waals surface area contributed by atoms with E-state index in [4.69, 9.17) is 5.11 Å². The van der Waals surface area contributed by atoms with Gasteiger partial charge in [0.2, 0.25) is 0 Å². The Morgan fingerprint density at radius 3 is 1.35 bits per heavy atom. The molecule has 0 saturated carbocycles. The summed E-state index contributed by atoms with van der Waals surface area (Å²) in [5.74, 6) is -0.596. The van der Waals surface area contributed by atoms with Gasteiger partial charge in [-0.3, -0.25) is 4.79 Å². The van der Waals surface area contributed by atoms with Gasteiger partial charge in [-0.1, -0.05) is 75.2 Å². The summed E-state index contributed by atoms with van der Waals surface area (Å²) in [5.41, 5.74) is 0. The third-order valence-electron chi connectivity index (χ3n) is 2.97. The number of hydrogen-bond donors (Lipinski definition) is 1. The maximum Gasteiger partial charge on any atom is 0.306 e. The van der Waals surface area contributed by atoms with Crippen LogP contribution in [0.5, 0.6) is 0 Å². The lowest BCUT2D eigenvalue weighted by Crippen LogP contribution is -2.17. The van der Waals surface area contributed by atoms with E-state index in [1.54, 1.807) is 6.92 Å². The van der Waals surface area contributed by atoms with Crippen molar-refractivity contribution in [2.45, 2.75) is 75.2 Å².